The molecule has 1 amide bonds. The van der Waals surface area contributed by atoms with Crippen LogP contribution in [0.5, 0.6) is 5.75 Å². The van der Waals surface area contributed by atoms with Crippen molar-refractivity contribution in [1.82, 2.24) is 0 Å². The lowest BCUT2D eigenvalue weighted by Crippen LogP contribution is -2.20. The van der Waals surface area contributed by atoms with Crippen molar-refractivity contribution in [2.24, 2.45) is 0 Å². The summed E-state index contributed by atoms with van der Waals surface area (Å²) in [5.41, 5.74) is 3.29. The molecule has 4 nitrogen and oxygen atoms in total. The van der Waals surface area contributed by atoms with E-state index in [0.29, 0.717) is 17.0 Å². The molecule has 0 aliphatic rings. The third kappa shape index (κ3) is 4.19. The molecule has 0 aliphatic carbocycles. The molecule has 2 rings (SSSR count). The molecule has 0 unspecified atom stereocenters. The SMILES string of the molecule is CC(=O)c1cccc(NC(=O)COc2ccc(C)cc2C)c1. The predicted molar refractivity (Wildman–Crippen MR) is 86.5 cm³/mol. The molecule has 114 valence electrons. The molecule has 0 saturated carbocycles. The van der Waals surface area contributed by atoms with Crippen molar-refractivity contribution in [3.8, 4) is 5.75 Å². The minimum atomic E-state index is -0.263. The largest absolute Gasteiger partial charge is 0.483 e. The van der Waals surface area contributed by atoms with E-state index in [2.05, 4.69) is 5.32 Å². The van der Waals surface area contributed by atoms with Crippen molar-refractivity contribution in [1.29, 1.82) is 0 Å². The van der Waals surface area contributed by atoms with E-state index < -0.39 is 0 Å². The number of benzene rings is 2. The molecule has 0 saturated heterocycles. The summed E-state index contributed by atoms with van der Waals surface area (Å²) in [5, 5.41) is 2.72. The molecule has 2 aromatic rings. The zero-order valence-corrected chi connectivity index (χ0v) is 13.0. The van der Waals surface area contributed by atoms with Crippen LogP contribution in [0.3, 0.4) is 0 Å². The van der Waals surface area contributed by atoms with Gasteiger partial charge in [0.1, 0.15) is 5.75 Å². The van der Waals surface area contributed by atoms with E-state index >= 15 is 0 Å². The average Bonchev–Trinajstić information content (AvgIpc) is 2.46. The number of amides is 1. The summed E-state index contributed by atoms with van der Waals surface area (Å²) in [7, 11) is 0. The predicted octanol–water partition coefficient (Wildman–Crippen LogP) is 3.52. The first-order valence-electron chi connectivity index (χ1n) is 7.06. The van der Waals surface area contributed by atoms with Gasteiger partial charge in [0, 0.05) is 11.3 Å². The second-order valence-electron chi connectivity index (χ2n) is 5.24. The van der Waals surface area contributed by atoms with Crippen molar-refractivity contribution in [3.05, 3.63) is 59.2 Å². The van der Waals surface area contributed by atoms with Crippen LogP contribution in [0.25, 0.3) is 0 Å². The van der Waals surface area contributed by atoms with Crippen molar-refractivity contribution < 1.29 is 14.3 Å². The number of carbonyl (C=O) groups is 2. The number of ether oxygens (including phenoxy) is 1. The van der Waals surface area contributed by atoms with Crippen LogP contribution in [0.1, 0.15) is 28.4 Å². The third-order valence-electron chi connectivity index (χ3n) is 3.24. The van der Waals surface area contributed by atoms with Gasteiger partial charge in [0.15, 0.2) is 12.4 Å². The van der Waals surface area contributed by atoms with Gasteiger partial charge in [-0.3, -0.25) is 9.59 Å². The molecule has 0 aliphatic heterocycles. The summed E-state index contributed by atoms with van der Waals surface area (Å²) in [6, 6.07) is 12.6. The van der Waals surface area contributed by atoms with Gasteiger partial charge in [0.2, 0.25) is 0 Å². The molecule has 4 heteroatoms. The second kappa shape index (κ2) is 6.89. The molecule has 0 bridgehead atoms. The number of carbonyl (C=O) groups excluding carboxylic acids is 2. The Morgan fingerprint density at radius 2 is 1.86 bits per heavy atom. The Morgan fingerprint density at radius 1 is 1.09 bits per heavy atom. The van der Waals surface area contributed by atoms with E-state index in [9.17, 15) is 9.59 Å². The highest BCUT2D eigenvalue weighted by Gasteiger charge is 2.07. The Labute approximate surface area is 130 Å². The van der Waals surface area contributed by atoms with E-state index in [1.54, 1.807) is 24.3 Å². The molecular weight excluding hydrogens is 278 g/mol. The number of hydrogen-bond acceptors (Lipinski definition) is 3. The van der Waals surface area contributed by atoms with E-state index in [-0.39, 0.29) is 18.3 Å². The van der Waals surface area contributed by atoms with Gasteiger partial charge in [-0.1, -0.05) is 29.8 Å². The normalized spacial score (nSPS) is 10.1. The number of anilines is 1. The topological polar surface area (TPSA) is 55.4 Å². The molecule has 0 aromatic heterocycles. The Kier molecular flexibility index (Phi) is 4.94. The standard InChI is InChI=1S/C18H19NO3/c1-12-7-8-17(13(2)9-12)22-11-18(21)19-16-6-4-5-15(10-16)14(3)20/h4-10H,11H2,1-3H3,(H,19,21). The third-order valence-corrected chi connectivity index (χ3v) is 3.24. The first-order chi connectivity index (χ1) is 10.5. The molecule has 2 aromatic carbocycles. The van der Waals surface area contributed by atoms with E-state index in [0.717, 1.165) is 11.1 Å². The lowest BCUT2D eigenvalue weighted by atomic mass is 10.1. The van der Waals surface area contributed by atoms with E-state index in [1.165, 1.54) is 6.92 Å². The summed E-state index contributed by atoms with van der Waals surface area (Å²) in [4.78, 5) is 23.2. The van der Waals surface area contributed by atoms with Crippen molar-refractivity contribution in [3.63, 3.8) is 0 Å². The summed E-state index contributed by atoms with van der Waals surface area (Å²) in [5.74, 6) is 0.390. The highest BCUT2D eigenvalue weighted by Crippen LogP contribution is 2.18. The lowest BCUT2D eigenvalue weighted by Gasteiger charge is -2.10. The van der Waals surface area contributed by atoms with Gasteiger partial charge in [-0.05, 0) is 44.5 Å². The number of rotatable bonds is 5. The number of Topliss-reactive ketones (excluding diaryl/α,β-unsaturated/α-hetero) is 1. The summed E-state index contributed by atoms with van der Waals surface area (Å²) in [6.07, 6.45) is 0. The Morgan fingerprint density at radius 3 is 2.55 bits per heavy atom. The molecule has 0 fully saturated rings. The van der Waals surface area contributed by atoms with Crippen LogP contribution in [0, 0.1) is 13.8 Å². The Bertz CT molecular complexity index is 707. The van der Waals surface area contributed by atoms with Gasteiger partial charge in [-0.2, -0.15) is 0 Å². The molecule has 22 heavy (non-hydrogen) atoms. The molecule has 0 spiro atoms. The summed E-state index contributed by atoms with van der Waals surface area (Å²) >= 11 is 0. The monoisotopic (exact) mass is 297 g/mol. The van der Waals surface area contributed by atoms with E-state index in [1.807, 2.05) is 32.0 Å². The average molecular weight is 297 g/mol. The van der Waals surface area contributed by atoms with Crippen LogP contribution in [0.2, 0.25) is 0 Å². The van der Waals surface area contributed by atoms with Gasteiger partial charge in [-0.15, -0.1) is 0 Å². The van der Waals surface area contributed by atoms with Crippen LogP contribution in [0.4, 0.5) is 5.69 Å². The summed E-state index contributed by atoms with van der Waals surface area (Å²) in [6.45, 7) is 5.36. The van der Waals surface area contributed by atoms with Crippen molar-refractivity contribution in [2.45, 2.75) is 20.8 Å². The van der Waals surface area contributed by atoms with Crippen LogP contribution in [0.15, 0.2) is 42.5 Å². The van der Waals surface area contributed by atoms with Crippen LogP contribution in [-0.4, -0.2) is 18.3 Å². The second-order valence-corrected chi connectivity index (χ2v) is 5.24. The number of aryl methyl sites for hydroxylation is 2. The maximum absolute atomic E-state index is 11.9. The highest BCUT2D eigenvalue weighted by atomic mass is 16.5. The molecule has 0 radical (unpaired) electrons. The van der Waals surface area contributed by atoms with Gasteiger partial charge in [-0.25, -0.2) is 0 Å². The van der Waals surface area contributed by atoms with Crippen molar-refractivity contribution >= 4 is 17.4 Å². The zero-order valence-electron chi connectivity index (χ0n) is 13.0. The maximum atomic E-state index is 11.9. The number of ketones is 1. The van der Waals surface area contributed by atoms with Crippen LogP contribution >= 0.6 is 0 Å². The minimum absolute atomic E-state index is 0.0392. The first kappa shape index (κ1) is 15.8. The summed E-state index contributed by atoms with van der Waals surface area (Å²) < 4.78 is 5.52. The molecular formula is C18H19NO3. The fourth-order valence-corrected chi connectivity index (χ4v) is 2.12. The van der Waals surface area contributed by atoms with Gasteiger partial charge in [0.05, 0.1) is 0 Å². The Hall–Kier alpha value is -2.62. The molecule has 0 heterocycles. The van der Waals surface area contributed by atoms with Crippen molar-refractivity contribution in [2.75, 3.05) is 11.9 Å². The number of nitrogens with one attached hydrogen (secondary N) is 1. The van der Waals surface area contributed by atoms with Crippen LogP contribution < -0.4 is 10.1 Å². The number of hydrogen-bond donors (Lipinski definition) is 1. The van der Waals surface area contributed by atoms with Gasteiger partial charge >= 0.3 is 0 Å². The van der Waals surface area contributed by atoms with Crippen LogP contribution in [-0.2, 0) is 4.79 Å². The van der Waals surface area contributed by atoms with E-state index in [4.69, 9.17) is 4.74 Å². The maximum Gasteiger partial charge on any atom is 0.262 e. The quantitative estimate of drug-likeness (QED) is 0.859. The molecule has 1 N–H and O–H groups in total. The highest BCUT2D eigenvalue weighted by molar-refractivity contribution is 5.97. The zero-order chi connectivity index (χ0) is 16.1. The fourth-order valence-electron chi connectivity index (χ4n) is 2.12. The molecule has 0 atom stereocenters. The smallest absolute Gasteiger partial charge is 0.262 e. The van der Waals surface area contributed by atoms with Gasteiger partial charge < -0.3 is 10.1 Å². The Balaban J connectivity index is 1.95. The fraction of sp³-hybridized carbons (Fsp3) is 0.222. The lowest BCUT2D eigenvalue weighted by molar-refractivity contribution is -0.118. The first-order valence-corrected chi connectivity index (χ1v) is 7.06. The minimum Gasteiger partial charge on any atom is -0.483 e. The van der Waals surface area contributed by atoms with Gasteiger partial charge in [0.25, 0.3) is 5.91 Å².